The minimum Gasteiger partial charge on any atom is -0.462 e. The van der Waals surface area contributed by atoms with Gasteiger partial charge in [0, 0.05) is 11.6 Å². The van der Waals surface area contributed by atoms with Crippen molar-refractivity contribution in [2.24, 2.45) is 0 Å². The fraction of sp³-hybridized carbons (Fsp3) is 0.500. The number of benzene rings is 1. The summed E-state index contributed by atoms with van der Waals surface area (Å²) in [6, 6.07) is 7.21. The van der Waals surface area contributed by atoms with E-state index in [4.69, 9.17) is 4.74 Å². The molecule has 1 heterocycles. The van der Waals surface area contributed by atoms with Gasteiger partial charge in [-0.05, 0) is 18.6 Å². The van der Waals surface area contributed by atoms with E-state index in [0.29, 0.717) is 24.1 Å². The van der Waals surface area contributed by atoms with Crippen molar-refractivity contribution in [2.75, 3.05) is 6.61 Å². The van der Waals surface area contributed by atoms with Crippen molar-refractivity contribution in [3.8, 4) is 0 Å². The Morgan fingerprint density at radius 2 is 1.75 bits per heavy atom. The van der Waals surface area contributed by atoms with Crippen LogP contribution in [0.25, 0.3) is 10.9 Å². The molecule has 0 aliphatic heterocycles. The first-order valence-corrected chi connectivity index (χ1v) is 9.00. The summed E-state index contributed by atoms with van der Waals surface area (Å²) in [6.45, 7) is 2.66. The molecule has 0 aliphatic carbocycles. The van der Waals surface area contributed by atoms with E-state index < -0.39 is 0 Å². The number of aromatic nitrogens is 1. The fourth-order valence-electron chi connectivity index (χ4n) is 2.95. The van der Waals surface area contributed by atoms with E-state index in [1.807, 2.05) is 18.2 Å². The summed E-state index contributed by atoms with van der Waals surface area (Å²) >= 11 is 0. The van der Waals surface area contributed by atoms with E-state index in [1.165, 1.54) is 43.1 Å². The molecule has 4 heteroatoms. The third kappa shape index (κ3) is 4.95. The van der Waals surface area contributed by atoms with Crippen LogP contribution in [-0.4, -0.2) is 23.6 Å². The van der Waals surface area contributed by atoms with Crippen LogP contribution in [0.5, 0.6) is 0 Å². The van der Waals surface area contributed by atoms with Gasteiger partial charge in [-0.1, -0.05) is 64.0 Å². The third-order valence-electron chi connectivity index (χ3n) is 4.30. The molecule has 24 heavy (non-hydrogen) atoms. The summed E-state index contributed by atoms with van der Waals surface area (Å²) in [6.07, 6.45) is 12.0. The smallest absolute Gasteiger partial charge is 0.340 e. The average Bonchev–Trinajstić information content (AvgIpc) is 3.03. The van der Waals surface area contributed by atoms with Gasteiger partial charge in [0.1, 0.15) is 0 Å². The number of carbonyl (C=O) groups is 2. The van der Waals surface area contributed by atoms with E-state index in [9.17, 15) is 9.59 Å². The standard InChI is InChI=1S/C20H27NO3/c1-2-3-4-5-6-7-8-9-15-24-20(23)18-12-10-11-17-13-14-21(16-22)19(17)18/h10-14,16H,2-9,15H2,1H3. The highest BCUT2D eigenvalue weighted by atomic mass is 16.5. The Kier molecular flexibility index (Phi) is 7.53. The number of unbranched alkanes of at least 4 members (excludes halogenated alkanes) is 7. The minimum absolute atomic E-state index is 0.356. The lowest BCUT2D eigenvalue weighted by atomic mass is 10.1. The highest BCUT2D eigenvalue weighted by Crippen LogP contribution is 2.20. The molecule has 0 atom stereocenters. The number of esters is 1. The second-order valence-corrected chi connectivity index (χ2v) is 6.18. The van der Waals surface area contributed by atoms with Gasteiger partial charge in [0.25, 0.3) is 0 Å². The first-order chi connectivity index (χ1) is 11.8. The number of para-hydroxylation sites is 1. The van der Waals surface area contributed by atoms with Gasteiger partial charge in [-0.2, -0.15) is 0 Å². The maximum Gasteiger partial charge on any atom is 0.340 e. The largest absolute Gasteiger partial charge is 0.462 e. The van der Waals surface area contributed by atoms with Crippen LogP contribution in [0.1, 0.15) is 68.6 Å². The predicted octanol–water partition coefficient (Wildman–Crippen LogP) is 4.98. The Labute approximate surface area is 143 Å². The Morgan fingerprint density at radius 3 is 2.46 bits per heavy atom. The molecule has 4 nitrogen and oxygen atoms in total. The normalized spacial score (nSPS) is 10.9. The van der Waals surface area contributed by atoms with E-state index >= 15 is 0 Å². The molecule has 0 saturated heterocycles. The van der Waals surface area contributed by atoms with Gasteiger partial charge < -0.3 is 4.74 Å². The number of hydrogen-bond acceptors (Lipinski definition) is 3. The molecule has 1 aromatic carbocycles. The van der Waals surface area contributed by atoms with E-state index in [1.54, 1.807) is 12.3 Å². The Hall–Kier alpha value is -2.10. The molecular formula is C20H27NO3. The number of nitrogens with zero attached hydrogens (tertiary/aromatic N) is 1. The van der Waals surface area contributed by atoms with Gasteiger partial charge in [0.05, 0.1) is 17.7 Å². The van der Waals surface area contributed by atoms with E-state index in [-0.39, 0.29) is 5.97 Å². The summed E-state index contributed by atoms with van der Waals surface area (Å²) in [5, 5.41) is 0.864. The van der Waals surface area contributed by atoms with Crippen LogP contribution in [0.15, 0.2) is 30.5 Å². The van der Waals surface area contributed by atoms with Crippen molar-refractivity contribution in [3.63, 3.8) is 0 Å². The molecule has 0 spiro atoms. The lowest BCUT2D eigenvalue weighted by Gasteiger charge is -2.07. The Balaban J connectivity index is 1.75. The van der Waals surface area contributed by atoms with Gasteiger partial charge in [-0.25, -0.2) is 4.79 Å². The fourth-order valence-corrected chi connectivity index (χ4v) is 2.95. The average molecular weight is 329 g/mol. The summed E-state index contributed by atoms with van der Waals surface area (Å²) in [7, 11) is 0. The second-order valence-electron chi connectivity index (χ2n) is 6.18. The molecule has 2 aromatic rings. The zero-order valence-electron chi connectivity index (χ0n) is 14.5. The third-order valence-corrected chi connectivity index (χ3v) is 4.30. The zero-order chi connectivity index (χ0) is 17.2. The molecule has 1 aromatic heterocycles. The van der Waals surface area contributed by atoms with Crippen LogP contribution >= 0.6 is 0 Å². The molecular weight excluding hydrogens is 302 g/mol. The number of carbonyl (C=O) groups excluding carboxylic acids is 2. The summed E-state index contributed by atoms with van der Waals surface area (Å²) < 4.78 is 6.80. The molecule has 0 unspecified atom stereocenters. The predicted molar refractivity (Wildman–Crippen MR) is 97.0 cm³/mol. The molecule has 0 aliphatic rings. The van der Waals surface area contributed by atoms with Gasteiger partial charge in [0.2, 0.25) is 6.41 Å². The molecule has 0 radical (unpaired) electrons. The maximum absolute atomic E-state index is 12.3. The van der Waals surface area contributed by atoms with Crippen molar-refractivity contribution in [2.45, 2.75) is 58.3 Å². The molecule has 0 fully saturated rings. The second kappa shape index (κ2) is 9.91. The lowest BCUT2D eigenvalue weighted by molar-refractivity contribution is 0.0499. The molecule has 2 rings (SSSR count). The Bertz CT molecular complexity index is 660. The van der Waals surface area contributed by atoms with Crippen LogP contribution in [0.2, 0.25) is 0 Å². The van der Waals surface area contributed by atoms with Crippen LogP contribution in [0.4, 0.5) is 0 Å². The van der Waals surface area contributed by atoms with E-state index in [2.05, 4.69) is 6.92 Å². The SMILES string of the molecule is CCCCCCCCCCOC(=O)c1cccc2ccn(C=O)c12. The van der Waals surface area contributed by atoms with Crippen LogP contribution in [0, 0.1) is 0 Å². The summed E-state index contributed by atoms with van der Waals surface area (Å²) in [5.41, 5.74) is 1.07. The highest BCUT2D eigenvalue weighted by molar-refractivity contribution is 6.04. The zero-order valence-corrected chi connectivity index (χ0v) is 14.5. The molecule has 0 amide bonds. The number of ether oxygens (including phenoxy) is 1. The highest BCUT2D eigenvalue weighted by Gasteiger charge is 2.14. The van der Waals surface area contributed by atoms with Gasteiger partial charge in [0.15, 0.2) is 0 Å². The quantitative estimate of drug-likeness (QED) is 0.332. The summed E-state index contributed by atoms with van der Waals surface area (Å²) in [5.74, 6) is -0.356. The van der Waals surface area contributed by atoms with Crippen molar-refractivity contribution in [3.05, 3.63) is 36.0 Å². The van der Waals surface area contributed by atoms with Gasteiger partial charge in [-0.3, -0.25) is 9.36 Å². The van der Waals surface area contributed by atoms with Crippen LogP contribution in [-0.2, 0) is 9.53 Å². The number of hydrogen-bond donors (Lipinski definition) is 0. The Morgan fingerprint density at radius 1 is 1.04 bits per heavy atom. The topological polar surface area (TPSA) is 48.3 Å². The monoisotopic (exact) mass is 329 g/mol. The first-order valence-electron chi connectivity index (χ1n) is 9.00. The van der Waals surface area contributed by atoms with Crippen LogP contribution in [0.3, 0.4) is 0 Å². The molecule has 0 bridgehead atoms. The molecule has 0 saturated carbocycles. The minimum atomic E-state index is -0.356. The van der Waals surface area contributed by atoms with Gasteiger partial charge >= 0.3 is 5.97 Å². The number of fused-ring (bicyclic) bond motifs is 1. The van der Waals surface area contributed by atoms with Crippen molar-refractivity contribution < 1.29 is 14.3 Å². The molecule has 0 N–H and O–H groups in total. The van der Waals surface area contributed by atoms with Crippen LogP contribution < -0.4 is 0 Å². The number of rotatable bonds is 11. The van der Waals surface area contributed by atoms with Crippen molar-refractivity contribution in [1.82, 2.24) is 4.57 Å². The lowest BCUT2D eigenvalue weighted by Crippen LogP contribution is -2.09. The van der Waals surface area contributed by atoms with Crippen molar-refractivity contribution in [1.29, 1.82) is 0 Å². The van der Waals surface area contributed by atoms with Gasteiger partial charge in [-0.15, -0.1) is 0 Å². The summed E-state index contributed by atoms with van der Waals surface area (Å²) in [4.78, 5) is 23.4. The first kappa shape index (κ1) is 18.2. The maximum atomic E-state index is 12.3. The van der Waals surface area contributed by atoms with E-state index in [0.717, 1.165) is 18.2 Å². The molecule has 130 valence electrons. The van der Waals surface area contributed by atoms with Crippen molar-refractivity contribution >= 4 is 23.3 Å².